The summed E-state index contributed by atoms with van der Waals surface area (Å²) >= 11 is 6.43. The second-order valence-electron chi connectivity index (χ2n) is 9.23. The molecule has 0 radical (unpaired) electrons. The Balaban J connectivity index is 1.86. The van der Waals surface area contributed by atoms with Crippen LogP contribution in [-0.4, -0.2) is 47.8 Å². The van der Waals surface area contributed by atoms with Crippen molar-refractivity contribution in [2.45, 2.75) is 75.0 Å². The van der Waals surface area contributed by atoms with E-state index >= 15 is 0 Å². The molecule has 1 fully saturated rings. The molecule has 0 unspecified atom stereocenters. The predicted molar refractivity (Wildman–Crippen MR) is 123 cm³/mol. The van der Waals surface area contributed by atoms with Crippen LogP contribution in [0.25, 0.3) is 0 Å². The maximum Gasteiger partial charge on any atom is 0.322 e. The number of sulfone groups is 1. The molecule has 7 nitrogen and oxygen atoms in total. The van der Waals surface area contributed by atoms with Crippen LogP contribution in [-0.2, 0) is 21.1 Å². The van der Waals surface area contributed by atoms with Crippen molar-refractivity contribution in [3.8, 4) is 0 Å². The van der Waals surface area contributed by atoms with Crippen molar-refractivity contribution in [3.05, 3.63) is 40.6 Å². The number of carboxylic acid groups (broad SMARTS) is 1. The summed E-state index contributed by atoms with van der Waals surface area (Å²) in [6.45, 7) is 6.04. The highest BCUT2D eigenvalue weighted by atomic mass is 35.5. The standard InChI is InChI=1S/C23H31ClN2O5S/c1-15(2)18-14-26(11-10-21(27)28)22(29)25-23(18,3)13-16-8-9-20(19(24)12-16)32(30,31)17-6-4-5-7-17/h8-9,12,14-15,17H,4-7,10-11,13H2,1-3H3,(H,25,29)(H,27,28)/t23-/m0/s1. The smallest absolute Gasteiger partial charge is 0.322 e. The summed E-state index contributed by atoms with van der Waals surface area (Å²) in [6.07, 6.45) is 5.22. The van der Waals surface area contributed by atoms with E-state index in [4.69, 9.17) is 16.7 Å². The van der Waals surface area contributed by atoms with Gasteiger partial charge < -0.3 is 15.3 Å². The monoisotopic (exact) mass is 482 g/mol. The Morgan fingerprint density at radius 3 is 2.53 bits per heavy atom. The molecule has 0 saturated heterocycles. The Hall–Kier alpha value is -2.06. The molecular weight excluding hydrogens is 452 g/mol. The zero-order chi connectivity index (χ0) is 23.7. The van der Waals surface area contributed by atoms with E-state index in [-0.39, 0.29) is 40.1 Å². The van der Waals surface area contributed by atoms with E-state index in [1.54, 1.807) is 24.4 Å². The lowest BCUT2D eigenvalue weighted by molar-refractivity contribution is -0.137. The van der Waals surface area contributed by atoms with Gasteiger partial charge >= 0.3 is 12.0 Å². The van der Waals surface area contributed by atoms with Crippen LogP contribution in [0.5, 0.6) is 0 Å². The topological polar surface area (TPSA) is 104 Å². The summed E-state index contributed by atoms with van der Waals surface area (Å²) in [4.78, 5) is 25.1. The van der Waals surface area contributed by atoms with E-state index < -0.39 is 21.3 Å². The fourth-order valence-electron chi connectivity index (χ4n) is 4.74. The van der Waals surface area contributed by atoms with Gasteiger partial charge in [-0.1, -0.05) is 44.4 Å². The highest BCUT2D eigenvalue weighted by molar-refractivity contribution is 7.92. The molecule has 1 aromatic rings. The second kappa shape index (κ2) is 9.43. The van der Waals surface area contributed by atoms with E-state index in [1.165, 1.54) is 4.90 Å². The van der Waals surface area contributed by atoms with Crippen molar-refractivity contribution < 1.29 is 23.1 Å². The number of hydrogen-bond acceptors (Lipinski definition) is 4. The molecule has 2 amide bonds. The highest BCUT2D eigenvalue weighted by Crippen LogP contribution is 2.36. The molecule has 0 spiro atoms. The van der Waals surface area contributed by atoms with E-state index in [2.05, 4.69) is 5.32 Å². The van der Waals surface area contributed by atoms with Crippen molar-refractivity contribution in [3.63, 3.8) is 0 Å². The fraction of sp³-hybridized carbons (Fsp3) is 0.565. The number of carbonyl (C=O) groups is 2. The second-order valence-corrected chi connectivity index (χ2v) is 11.8. The number of carboxylic acids is 1. The molecule has 9 heteroatoms. The normalized spacial score (nSPS) is 22.2. The van der Waals surface area contributed by atoms with Gasteiger partial charge in [-0.05, 0) is 55.4 Å². The number of hydrogen-bond donors (Lipinski definition) is 2. The van der Waals surface area contributed by atoms with Gasteiger partial charge in [-0.25, -0.2) is 13.2 Å². The molecule has 0 aromatic heterocycles. The predicted octanol–water partition coefficient (Wildman–Crippen LogP) is 4.40. The zero-order valence-electron chi connectivity index (χ0n) is 18.7. The van der Waals surface area contributed by atoms with Crippen LogP contribution >= 0.6 is 11.6 Å². The molecule has 32 heavy (non-hydrogen) atoms. The van der Waals surface area contributed by atoms with Crippen LogP contribution < -0.4 is 5.32 Å². The van der Waals surface area contributed by atoms with Crippen molar-refractivity contribution in [1.82, 2.24) is 10.2 Å². The molecule has 2 N–H and O–H groups in total. The van der Waals surface area contributed by atoms with Gasteiger partial charge in [-0.15, -0.1) is 0 Å². The molecule has 1 aromatic carbocycles. The van der Waals surface area contributed by atoms with E-state index in [0.29, 0.717) is 19.3 Å². The minimum Gasteiger partial charge on any atom is -0.481 e. The van der Waals surface area contributed by atoms with Gasteiger partial charge in [0.25, 0.3) is 0 Å². The summed E-state index contributed by atoms with van der Waals surface area (Å²) < 4.78 is 25.9. The van der Waals surface area contributed by atoms with Crippen LogP contribution in [0.3, 0.4) is 0 Å². The maximum absolute atomic E-state index is 13.0. The molecule has 0 bridgehead atoms. The number of halogens is 1. The lowest BCUT2D eigenvalue weighted by Gasteiger charge is -2.42. The number of benzene rings is 1. The molecule has 2 aliphatic rings. The Morgan fingerprint density at radius 2 is 1.97 bits per heavy atom. The first-order valence-electron chi connectivity index (χ1n) is 11.0. The number of nitrogens with one attached hydrogen (secondary N) is 1. The van der Waals surface area contributed by atoms with Gasteiger partial charge in [0.05, 0.1) is 27.1 Å². The average molecular weight is 483 g/mol. The summed E-state index contributed by atoms with van der Waals surface area (Å²) in [5.74, 6) is -0.863. The number of urea groups is 1. The molecule has 1 heterocycles. The van der Waals surface area contributed by atoms with Crippen molar-refractivity contribution in [1.29, 1.82) is 0 Å². The molecule has 1 aliphatic carbocycles. The minimum absolute atomic E-state index is 0.0903. The number of amides is 2. The van der Waals surface area contributed by atoms with E-state index in [9.17, 15) is 18.0 Å². The lowest BCUT2D eigenvalue weighted by atomic mass is 9.79. The SMILES string of the molecule is CC(C)C1=CN(CCC(=O)O)C(=O)N[C@@]1(C)Cc1ccc(S(=O)(=O)C2CCCC2)c(Cl)c1. The Bertz CT molecular complexity index is 1030. The Morgan fingerprint density at radius 1 is 1.31 bits per heavy atom. The fourth-order valence-corrected chi connectivity index (χ4v) is 7.16. The highest BCUT2D eigenvalue weighted by Gasteiger charge is 2.39. The molecule has 3 rings (SSSR count). The first-order valence-corrected chi connectivity index (χ1v) is 12.9. The van der Waals surface area contributed by atoms with Gasteiger partial charge in [-0.2, -0.15) is 0 Å². The summed E-state index contributed by atoms with van der Waals surface area (Å²) in [6, 6.07) is 4.66. The summed E-state index contributed by atoms with van der Waals surface area (Å²) in [5, 5.41) is 11.8. The summed E-state index contributed by atoms with van der Waals surface area (Å²) in [7, 11) is -3.46. The molecule has 1 saturated carbocycles. The third-order valence-electron chi connectivity index (χ3n) is 6.37. The Labute approximate surface area is 194 Å². The largest absolute Gasteiger partial charge is 0.481 e. The molecule has 1 aliphatic heterocycles. The van der Waals surface area contributed by atoms with E-state index in [0.717, 1.165) is 24.0 Å². The first kappa shape index (κ1) is 24.6. The molecular formula is C23H31ClN2O5S. The molecule has 176 valence electrons. The third kappa shape index (κ3) is 5.12. The van der Waals surface area contributed by atoms with Gasteiger partial charge in [0, 0.05) is 12.7 Å². The van der Waals surface area contributed by atoms with Crippen LogP contribution in [0.1, 0.15) is 58.4 Å². The number of carbonyl (C=O) groups excluding carboxylic acids is 1. The van der Waals surface area contributed by atoms with Crippen LogP contribution in [0.2, 0.25) is 5.02 Å². The van der Waals surface area contributed by atoms with Gasteiger partial charge in [0.1, 0.15) is 0 Å². The summed E-state index contributed by atoms with van der Waals surface area (Å²) in [5.41, 5.74) is 1.06. The van der Waals surface area contributed by atoms with Crippen molar-refractivity contribution in [2.75, 3.05) is 6.54 Å². The Kier molecular flexibility index (Phi) is 7.25. The van der Waals surface area contributed by atoms with Gasteiger partial charge in [0.2, 0.25) is 0 Å². The van der Waals surface area contributed by atoms with E-state index in [1.807, 2.05) is 20.8 Å². The van der Waals surface area contributed by atoms with Crippen LogP contribution in [0.4, 0.5) is 4.79 Å². The number of nitrogens with zero attached hydrogens (tertiary/aromatic N) is 1. The minimum atomic E-state index is -3.46. The number of rotatable bonds is 8. The van der Waals surface area contributed by atoms with Gasteiger partial charge in [0.15, 0.2) is 9.84 Å². The lowest BCUT2D eigenvalue weighted by Crippen LogP contribution is -2.57. The van der Waals surface area contributed by atoms with Crippen LogP contribution in [0.15, 0.2) is 34.9 Å². The zero-order valence-corrected chi connectivity index (χ0v) is 20.3. The number of aliphatic carboxylic acids is 1. The van der Waals surface area contributed by atoms with Crippen molar-refractivity contribution in [2.24, 2.45) is 5.92 Å². The maximum atomic E-state index is 13.0. The average Bonchev–Trinajstić information content (AvgIpc) is 3.22. The first-order chi connectivity index (χ1) is 14.9. The van der Waals surface area contributed by atoms with Crippen LogP contribution in [0, 0.1) is 5.92 Å². The van der Waals surface area contributed by atoms with Gasteiger partial charge in [-0.3, -0.25) is 4.79 Å². The van der Waals surface area contributed by atoms with Crippen molar-refractivity contribution >= 4 is 33.4 Å². The quantitative estimate of drug-likeness (QED) is 0.571. The molecule has 1 atom stereocenters. The third-order valence-corrected chi connectivity index (χ3v) is 9.11.